The van der Waals surface area contributed by atoms with Crippen LogP contribution >= 0.6 is 0 Å². The van der Waals surface area contributed by atoms with Crippen molar-refractivity contribution in [3.05, 3.63) is 24.2 Å². The van der Waals surface area contributed by atoms with Crippen LogP contribution in [-0.2, 0) is 9.53 Å². The van der Waals surface area contributed by atoms with Crippen LogP contribution in [0.25, 0.3) is 0 Å². The van der Waals surface area contributed by atoms with E-state index in [1.54, 1.807) is 0 Å². The summed E-state index contributed by atoms with van der Waals surface area (Å²) in [7, 11) is 0. The third-order valence-corrected chi connectivity index (χ3v) is 2.35. The minimum atomic E-state index is -6.30. The van der Waals surface area contributed by atoms with Crippen LogP contribution in [0.3, 0.4) is 0 Å². The normalized spacial score (nSPS) is 13.1. The summed E-state index contributed by atoms with van der Waals surface area (Å²) in [5.41, 5.74) is 0. The van der Waals surface area contributed by atoms with Crippen LogP contribution in [0.4, 0.5) is 26.3 Å². The highest BCUT2D eigenvalue weighted by Crippen LogP contribution is 2.47. The molecule has 1 aromatic rings. The zero-order valence-corrected chi connectivity index (χ0v) is 10.3. The van der Waals surface area contributed by atoms with Crippen LogP contribution in [0.1, 0.15) is 17.5 Å². The fourth-order valence-corrected chi connectivity index (χ4v) is 1.25. The van der Waals surface area contributed by atoms with E-state index in [-0.39, 0.29) is 0 Å². The van der Waals surface area contributed by atoms with Gasteiger partial charge in [-0.25, -0.2) is 4.79 Å². The Bertz CT molecular complexity index is 523. The summed E-state index contributed by atoms with van der Waals surface area (Å²) in [5, 5.41) is 0. The van der Waals surface area contributed by atoms with Crippen LogP contribution in [-0.4, -0.2) is 36.1 Å². The molecule has 0 fully saturated rings. The Morgan fingerprint density at radius 3 is 2.14 bits per heavy atom. The molecule has 118 valence electrons. The van der Waals surface area contributed by atoms with Crippen molar-refractivity contribution in [1.29, 1.82) is 0 Å². The standard InChI is InChI=1S/C11H8F6O4/c1-2-20-8(19)10(14,15)11(16,17)9(12,13)7(18)6-4-3-5-21-6/h3-5H,2H2,1H3. The van der Waals surface area contributed by atoms with Crippen LogP contribution in [0.5, 0.6) is 0 Å². The summed E-state index contributed by atoms with van der Waals surface area (Å²) in [4.78, 5) is 21.9. The highest BCUT2D eigenvalue weighted by atomic mass is 19.3. The van der Waals surface area contributed by atoms with Gasteiger partial charge in [-0.3, -0.25) is 4.79 Å². The van der Waals surface area contributed by atoms with Crippen molar-refractivity contribution < 1.29 is 45.1 Å². The molecule has 4 nitrogen and oxygen atoms in total. The zero-order valence-electron chi connectivity index (χ0n) is 10.3. The van der Waals surface area contributed by atoms with Crippen molar-refractivity contribution in [2.75, 3.05) is 6.61 Å². The molecule has 0 saturated heterocycles. The van der Waals surface area contributed by atoms with Gasteiger partial charge >= 0.3 is 23.7 Å². The van der Waals surface area contributed by atoms with Gasteiger partial charge in [0, 0.05) is 0 Å². The molecular weight excluding hydrogens is 310 g/mol. The first-order chi connectivity index (χ1) is 9.50. The lowest BCUT2D eigenvalue weighted by Crippen LogP contribution is -2.61. The summed E-state index contributed by atoms with van der Waals surface area (Å²) in [5.74, 6) is -24.9. The summed E-state index contributed by atoms with van der Waals surface area (Å²) in [6, 6.07) is 1.51. The summed E-state index contributed by atoms with van der Waals surface area (Å²) < 4.78 is 87.7. The van der Waals surface area contributed by atoms with Gasteiger partial charge in [0.2, 0.25) is 0 Å². The van der Waals surface area contributed by atoms with Crippen molar-refractivity contribution in [3.63, 3.8) is 0 Å². The molecular formula is C11H8F6O4. The molecule has 0 atom stereocenters. The molecule has 0 aliphatic carbocycles. The first-order valence-electron chi connectivity index (χ1n) is 5.39. The summed E-state index contributed by atoms with van der Waals surface area (Å²) in [6.07, 6.45) is 0.713. The lowest BCUT2D eigenvalue weighted by Gasteiger charge is -2.29. The smallest absolute Gasteiger partial charge is 0.411 e. The summed E-state index contributed by atoms with van der Waals surface area (Å²) in [6.45, 7) is 0.278. The molecule has 10 heteroatoms. The Labute approximate surface area is 113 Å². The second kappa shape index (κ2) is 5.41. The van der Waals surface area contributed by atoms with E-state index in [1.165, 1.54) is 0 Å². The zero-order chi connectivity index (χ0) is 16.5. The topological polar surface area (TPSA) is 56.5 Å². The Morgan fingerprint density at radius 1 is 1.14 bits per heavy atom. The maximum Gasteiger partial charge on any atom is 0.411 e. The molecule has 0 amide bonds. The Kier molecular flexibility index (Phi) is 4.40. The molecule has 0 spiro atoms. The van der Waals surface area contributed by atoms with Gasteiger partial charge in [-0.05, 0) is 19.1 Å². The van der Waals surface area contributed by atoms with E-state index in [9.17, 15) is 35.9 Å². The highest BCUT2D eigenvalue weighted by Gasteiger charge is 2.78. The quantitative estimate of drug-likeness (QED) is 0.460. The van der Waals surface area contributed by atoms with Crippen LogP contribution in [0, 0.1) is 0 Å². The Balaban J connectivity index is 3.20. The second-order valence-electron chi connectivity index (χ2n) is 3.75. The molecule has 1 heterocycles. The third-order valence-electron chi connectivity index (χ3n) is 2.35. The SMILES string of the molecule is CCOC(=O)C(F)(F)C(F)(F)C(F)(F)C(=O)c1ccco1. The number of ether oxygens (including phenoxy) is 1. The number of rotatable bonds is 6. The Hall–Kier alpha value is -2.00. The van der Waals surface area contributed by atoms with Crippen LogP contribution < -0.4 is 0 Å². The number of hydrogen-bond donors (Lipinski definition) is 0. The number of furan rings is 1. The van der Waals surface area contributed by atoms with Gasteiger partial charge in [-0.15, -0.1) is 0 Å². The van der Waals surface area contributed by atoms with E-state index in [0.29, 0.717) is 12.3 Å². The monoisotopic (exact) mass is 318 g/mol. The fourth-order valence-electron chi connectivity index (χ4n) is 1.25. The number of halogens is 6. The van der Waals surface area contributed by atoms with E-state index < -0.39 is 41.9 Å². The minimum Gasteiger partial charge on any atom is -0.461 e. The molecule has 0 saturated carbocycles. The van der Waals surface area contributed by atoms with Gasteiger partial charge in [0.1, 0.15) is 0 Å². The lowest BCUT2D eigenvalue weighted by atomic mass is 9.99. The molecule has 0 bridgehead atoms. The highest BCUT2D eigenvalue weighted by molar-refractivity contribution is 6.00. The van der Waals surface area contributed by atoms with E-state index >= 15 is 0 Å². The molecule has 0 aliphatic heterocycles. The van der Waals surface area contributed by atoms with E-state index in [0.717, 1.165) is 13.0 Å². The number of ketones is 1. The predicted molar refractivity (Wildman–Crippen MR) is 54.5 cm³/mol. The van der Waals surface area contributed by atoms with Crippen molar-refractivity contribution in [1.82, 2.24) is 0 Å². The van der Waals surface area contributed by atoms with Gasteiger partial charge in [0.05, 0.1) is 12.9 Å². The number of hydrogen-bond acceptors (Lipinski definition) is 4. The van der Waals surface area contributed by atoms with Gasteiger partial charge in [0.15, 0.2) is 5.76 Å². The largest absolute Gasteiger partial charge is 0.461 e. The van der Waals surface area contributed by atoms with Gasteiger partial charge < -0.3 is 9.15 Å². The van der Waals surface area contributed by atoms with Crippen molar-refractivity contribution in [2.24, 2.45) is 0 Å². The van der Waals surface area contributed by atoms with Gasteiger partial charge in [-0.2, -0.15) is 26.3 Å². The first kappa shape index (κ1) is 17.1. The molecule has 1 aromatic heterocycles. The molecule has 0 radical (unpaired) electrons. The minimum absolute atomic E-state index is 0.592. The van der Waals surface area contributed by atoms with E-state index in [1.807, 2.05) is 0 Å². The van der Waals surface area contributed by atoms with Gasteiger partial charge in [0.25, 0.3) is 5.78 Å². The Morgan fingerprint density at radius 2 is 1.71 bits per heavy atom. The average molecular weight is 318 g/mol. The van der Waals surface area contributed by atoms with E-state index in [2.05, 4.69) is 9.15 Å². The maximum atomic E-state index is 13.4. The van der Waals surface area contributed by atoms with Crippen molar-refractivity contribution >= 4 is 11.8 Å². The molecule has 21 heavy (non-hydrogen) atoms. The number of esters is 1. The number of alkyl halides is 6. The lowest BCUT2D eigenvalue weighted by molar-refractivity contribution is -0.287. The average Bonchev–Trinajstić information content (AvgIpc) is 2.91. The molecule has 0 unspecified atom stereocenters. The fraction of sp³-hybridized carbons (Fsp3) is 0.455. The maximum absolute atomic E-state index is 13.4. The summed E-state index contributed by atoms with van der Waals surface area (Å²) >= 11 is 0. The van der Waals surface area contributed by atoms with E-state index in [4.69, 9.17) is 0 Å². The second-order valence-corrected chi connectivity index (χ2v) is 3.75. The number of carbonyl (C=O) groups is 2. The third kappa shape index (κ3) is 2.61. The number of carbonyl (C=O) groups excluding carboxylic acids is 2. The number of Topliss-reactive ketones (excluding diaryl/α,β-unsaturated/α-hetero) is 1. The molecule has 0 N–H and O–H groups in total. The first-order valence-corrected chi connectivity index (χ1v) is 5.39. The molecule has 1 rings (SSSR count). The molecule has 0 aliphatic rings. The predicted octanol–water partition coefficient (Wildman–Crippen LogP) is 2.93. The van der Waals surface area contributed by atoms with Crippen LogP contribution in [0.2, 0.25) is 0 Å². The van der Waals surface area contributed by atoms with Crippen molar-refractivity contribution in [3.8, 4) is 0 Å². The van der Waals surface area contributed by atoms with Gasteiger partial charge in [-0.1, -0.05) is 0 Å². The molecule has 0 aromatic carbocycles. The van der Waals surface area contributed by atoms with Crippen LogP contribution in [0.15, 0.2) is 22.8 Å². The van der Waals surface area contributed by atoms with Crippen molar-refractivity contribution in [2.45, 2.75) is 24.7 Å².